The third kappa shape index (κ3) is 4.41. The van der Waals surface area contributed by atoms with Crippen LogP contribution in [0, 0.1) is 6.92 Å². The standard InChI is InChI=1S/C20H29N5/c1-4-24(5-2)18-11-9-17(10-12-18)23-19-15-20(22-16(3)21-19)25-13-7-6-8-14-25/h9-12,15H,4-8,13-14H2,1-3H3,(H,21,22,23). The van der Waals surface area contributed by atoms with Gasteiger partial charge in [0.15, 0.2) is 0 Å². The number of aromatic nitrogens is 2. The van der Waals surface area contributed by atoms with Crippen LogP contribution in [-0.2, 0) is 0 Å². The lowest BCUT2D eigenvalue weighted by molar-refractivity contribution is 0.572. The molecule has 1 aliphatic rings. The molecule has 1 aromatic heterocycles. The van der Waals surface area contributed by atoms with E-state index in [0.29, 0.717) is 0 Å². The monoisotopic (exact) mass is 339 g/mol. The molecule has 0 radical (unpaired) electrons. The van der Waals surface area contributed by atoms with Crippen LogP contribution in [-0.4, -0.2) is 36.1 Å². The fourth-order valence-corrected chi connectivity index (χ4v) is 3.39. The van der Waals surface area contributed by atoms with Crippen molar-refractivity contribution in [2.24, 2.45) is 0 Å². The van der Waals surface area contributed by atoms with Crippen LogP contribution >= 0.6 is 0 Å². The fraction of sp³-hybridized carbons (Fsp3) is 0.500. The van der Waals surface area contributed by atoms with Crippen molar-refractivity contribution < 1.29 is 0 Å². The van der Waals surface area contributed by atoms with Crippen LogP contribution in [0.5, 0.6) is 0 Å². The number of nitrogens with one attached hydrogen (secondary N) is 1. The van der Waals surface area contributed by atoms with Crippen LogP contribution in [0.3, 0.4) is 0 Å². The summed E-state index contributed by atoms with van der Waals surface area (Å²) in [5.41, 5.74) is 2.31. The first-order valence-electron chi connectivity index (χ1n) is 9.42. The summed E-state index contributed by atoms with van der Waals surface area (Å²) in [6.07, 6.45) is 3.82. The van der Waals surface area contributed by atoms with E-state index in [1.807, 2.05) is 6.92 Å². The molecule has 0 saturated carbocycles. The van der Waals surface area contributed by atoms with E-state index in [9.17, 15) is 0 Å². The molecular weight excluding hydrogens is 310 g/mol. The number of anilines is 4. The van der Waals surface area contributed by atoms with Crippen LogP contribution in [0.2, 0.25) is 0 Å². The summed E-state index contributed by atoms with van der Waals surface area (Å²) in [6, 6.07) is 10.6. The molecule has 0 aliphatic carbocycles. The van der Waals surface area contributed by atoms with E-state index >= 15 is 0 Å². The van der Waals surface area contributed by atoms with Gasteiger partial charge < -0.3 is 15.1 Å². The summed E-state index contributed by atoms with van der Waals surface area (Å²) in [5, 5.41) is 3.43. The number of aryl methyl sites for hydroxylation is 1. The molecule has 0 spiro atoms. The lowest BCUT2D eigenvalue weighted by Gasteiger charge is -2.28. The normalized spacial score (nSPS) is 14.4. The largest absolute Gasteiger partial charge is 0.372 e. The lowest BCUT2D eigenvalue weighted by atomic mass is 10.1. The second kappa shape index (κ2) is 8.19. The minimum Gasteiger partial charge on any atom is -0.372 e. The van der Waals surface area contributed by atoms with Crippen molar-refractivity contribution in [3.8, 4) is 0 Å². The van der Waals surface area contributed by atoms with Crippen molar-refractivity contribution in [2.75, 3.05) is 41.3 Å². The van der Waals surface area contributed by atoms with Crippen LogP contribution in [0.25, 0.3) is 0 Å². The zero-order chi connectivity index (χ0) is 17.6. The molecule has 2 heterocycles. The Balaban J connectivity index is 1.75. The molecule has 1 N–H and O–H groups in total. The Labute approximate surface area is 151 Å². The van der Waals surface area contributed by atoms with Crippen LogP contribution < -0.4 is 15.1 Å². The lowest BCUT2D eigenvalue weighted by Crippen LogP contribution is -2.30. The van der Waals surface area contributed by atoms with Gasteiger partial charge in [-0.1, -0.05) is 0 Å². The highest BCUT2D eigenvalue weighted by atomic mass is 15.2. The van der Waals surface area contributed by atoms with Gasteiger partial charge in [0.2, 0.25) is 0 Å². The second-order valence-corrected chi connectivity index (χ2v) is 6.55. The summed E-state index contributed by atoms with van der Waals surface area (Å²) in [6.45, 7) is 10.6. The Morgan fingerprint density at radius 2 is 1.68 bits per heavy atom. The van der Waals surface area contributed by atoms with Crippen molar-refractivity contribution >= 4 is 23.0 Å². The molecule has 0 amide bonds. The minimum absolute atomic E-state index is 0.810. The topological polar surface area (TPSA) is 44.3 Å². The number of rotatable bonds is 6. The van der Waals surface area contributed by atoms with E-state index in [2.05, 4.69) is 69.3 Å². The van der Waals surface area contributed by atoms with Crippen LogP contribution in [0.4, 0.5) is 23.0 Å². The van der Waals surface area contributed by atoms with Crippen LogP contribution in [0.15, 0.2) is 30.3 Å². The number of hydrogen-bond donors (Lipinski definition) is 1. The molecular formula is C20H29N5. The fourth-order valence-electron chi connectivity index (χ4n) is 3.39. The third-order valence-electron chi connectivity index (χ3n) is 4.77. The Bertz CT molecular complexity index is 673. The van der Waals surface area contributed by atoms with Crippen molar-refractivity contribution in [1.29, 1.82) is 0 Å². The maximum absolute atomic E-state index is 4.63. The molecule has 0 unspecified atom stereocenters. The molecule has 1 aliphatic heterocycles. The van der Waals surface area contributed by atoms with Crippen molar-refractivity contribution in [1.82, 2.24) is 9.97 Å². The van der Waals surface area contributed by atoms with Gasteiger partial charge in [0.1, 0.15) is 17.5 Å². The van der Waals surface area contributed by atoms with Gasteiger partial charge in [0, 0.05) is 43.6 Å². The van der Waals surface area contributed by atoms with Crippen molar-refractivity contribution in [3.05, 3.63) is 36.2 Å². The number of piperidine rings is 1. The zero-order valence-corrected chi connectivity index (χ0v) is 15.6. The predicted molar refractivity (Wildman–Crippen MR) is 106 cm³/mol. The van der Waals surface area contributed by atoms with Crippen LogP contribution in [0.1, 0.15) is 38.9 Å². The van der Waals surface area contributed by atoms with Gasteiger partial charge in [0.25, 0.3) is 0 Å². The summed E-state index contributed by atoms with van der Waals surface area (Å²) in [4.78, 5) is 13.9. The van der Waals surface area contributed by atoms with Gasteiger partial charge in [-0.25, -0.2) is 9.97 Å². The highest BCUT2D eigenvalue weighted by molar-refractivity contribution is 5.63. The molecule has 0 atom stereocenters. The molecule has 1 fully saturated rings. The van der Waals surface area contributed by atoms with E-state index in [1.54, 1.807) is 0 Å². The minimum atomic E-state index is 0.810. The van der Waals surface area contributed by atoms with Gasteiger partial charge in [-0.05, 0) is 64.3 Å². The van der Waals surface area contributed by atoms with E-state index < -0.39 is 0 Å². The SMILES string of the molecule is CCN(CC)c1ccc(Nc2cc(N3CCCCC3)nc(C)n2)cc1. The van der Waals surface area contributed by atoms with E-state index in [-0.39, 0.29) is 0 Å². The highest BCUT2D eigenvalue weighted by Gasteiger charge is 2.14. The van der Waals surface area contributed by atoms with E-state index in [0.717, 1.165) is 49.3 Å². The van der Waals surface area contributed by atoms with Gasteiger partial charge in [-0.3, -0.25) is 0 Å². The van der Waals surface area contributed by atoms with Crippen molar-refractivity contribution in [2.45, 2.75) is 40.0 Å². The second-order valence-electron chi connectivity index (χ2n) is 6.55. The first kappa shape index (κ1) is 17.5. The zero-order valence-electron chi connectivity index (χ0n) is 15.6. The Morgan fingerprint density at radius 1 is 1.00 bits per heavy atom. The van der Waals surface area contributed by atoms with E-state index in [1.165, 1.54) is 24.9 Å². The molecule has 5 nitrogen and oxygen atoms in total. The maximum atomic E-state index is 4.63. The average Bonchev–Trinajstić information content (AvgIpc) is 2.64. The summed E-state index contributed by atoms with van der Waals surface area (Å²) >= 11 is 0. The Hall–Kier alpha value is -2.30. The first-order valence-corrected chi connectivity index (χ1v) is 9.42. The molecule has 2 aromatic rings. The highest BCUT2D eigenvalue weighted by Crippen LogP contribution is 2.24. The number of hydrogen-bond acceptors (Lipinski definition) is 5. The number of benzene rings is 1. The molecule has 0 bridgehead atoms. The van der Waals surface area contributed by atoms with Gasteiger partial charge in [-0.2, -0.15) is 0 Å². The van der Waals surface area contributed by atoms with E-state index in [4.69, 9.17) is 0 Å². The maximum Gasteiger partial charge on any atom is 0.136 e. The number of nitrogens with zero attached hydrogens (tertiary/aromatic N) is 4. The predicted octanol–water partition coefficient (Wildman–Crippen LogP) is 4.37. The molecule has 1 saturated heterocycles. The summed E-state index contributed by atoms with van der Waals surface area (Å²) in [5.74, 6) is 2.71. The molecule has 5 heteroatoms. The third-order valence-corrected chi connectivity index (χ3v) is 4.77. The van der Waals surface area contributed by atoms with Gasteiger partial charge in [-0.15, -0.1) is 0 Å². The smallest absolute Gasteiger partial charge is 0.136 e. The first-order chi connectivity index (χ1) is 12.2. The quantitative estimate of drug-likeness (QED) is 0.847. The molecule has 1 aromatic carbocycles. The Morgan fingerprint density at radius 3 is 2.32 bits per heavy atom. The summed E-state index contributed by atoms with van der Waals surface area (Å²) in [7, 11) is 0. The molecule has 3 rings (SSSR count). The molecule has 25 heavy (non-hydrogen) atoms. The summed E-state index contributed by atoms with van der Waals surface area (Å²) < 4.78 is 0. The van der Waals surface area contributed by atoms with Crippen molar-refractivity contribution in [3.63, 3.8) is 0 Å². The van der Waals surface area contributed by atoms with Gasteiger partial charge >= 0.3 is 0 Å². The van der Waals surface area contributed by atoms with Gasteiger partial charge in [0.05, 0.1) is 0 Å². The molecule has 134 valence electrons. The average molecular weight is 339 g/mol. The Kier molecular flexibility index (Phi) is 5.74.